The van der Waals surface area contributed by atoms with E-state index in [1.807, 2.05) is 62.4 Å². The molecule has 0 aliphatic heterocycles. The summed E-state index contributed by atoms with van der Waals surface area (Å²) in [5, 5.41) is 0.582. The number of hydrogen-bond donors (Lipinski definition) is 0. The number of ether oxygens (including phenoxy) is 1. The van der Waals surface area contributed by atoms with E-state index in [-0.39, 0.29) is 24.1 Å². The van der Waals surface area contributed by atoms with Gasteiger partial charge in [0.05, 0.1) is 23.6 Å². The molecule has 1 amide bonds. The number of aromatic nitrogens is 2. The van der Waals surface area contributed by atoms with E-state index >= 15 is 0 Å². The molecule has 158 valence electrons. The van der Waals surface area contributed by atoms with E-state index in [0.717, 1.165) is 12.0 Å². The van der Waals surface area contributed by atoms with Gasteiger partial charge in [-0.05, 0) is 30.5 Å². The highest BCUT2D eigenvalue weighted by molar-refractivity contribution is 5.79. The van der Waals surface area contributed by atoms with Crippen molar-refractivity contribution >= 4 is 16.8 Å². The molecular weight excluding hydrogens is 378 g/mol. The maximum atomic E-state index is 13.0. The Morgan fingerprint density at radius 3 is 2.50 bits per heavy atom. The van der Waals surface area contributed by atoms with Gasteiger partial charge in [0.1, 0.15) is 12.4 Å². The quantitative estimate of drug-likeness (QED) is 0.541. The fourth-order valence-corrected chi connectivity index (χ4v) is 3.68. The van der Waals surface area contributed by atoms with Crippen LogP contribution in [0.25, 0.3) is 10.9 Å². The molecule has 2 aromatic carbocycles. The zero-order valence-electron chi connectivity index (χ0n) is 17.9. The zero-order chi connectivity index (χ0) is 21.5. The zero-order valence-corrected chi connectivity index (χ0v) is 17.9. The number of carbonyl (C=O) groups excluding carboxylic acids is 1. The van der Waals surface area contributed by atoms with Crippen LogP contribution in [0.3, 0.4) is 0 Å². The standard InChI is InChI=1S/C24H29N3O3/c1-4-15-27(22(28)17-30-16-18-11-7-6-8-12-18)21(5-2)23-25-20-14-10-9-13-19(20)24(29)26(23)3/h6-14,21H,4-5,15-17H2,1-3H3. The summed E-state index contributed by atoms with van der Waals surface area (Å²) in [6.07, 6.45) is 1.46. The third-order valence-corrected chi connectivity index (χ3v) is 5.20. The summed E-state index contributed by atoms with van der Waals surface area (Å²) in [5.74, 6) is 0.507. The van der Waals surface area contributed by atoms with E-state index in [0.29, 0.717) is 36.3 Å². The molecule has 6 nitrogen and oxygen atoms in total. The van der Waals surface area contributed by atoms with Gasteiger partial charge in [0, 0.05) is 13.6 Å². The summed E-state index contributed by atoms with van der Waals surface area (Å²) in [5.41, 5.74) is 1.58. The molecule has 0 bridgehead atoms. The Balaban J connectivity index is 1.84. The van der Waals surface area contributed by atoms with Crippen molar-refractivity contribution in [1.82, 2.24) is 14.5 Å². The van der Waals surface area contributed by atoms with Gasteiger partial charge in [-0.2, -0.15) is 0 Å². The first-order chi connectivity index (χ1) is 14.6. The fraction of sp³-hybridized carbons (Fsp3) is 0.375. The summed E-state index contributed by atoms with van der Waals surface area (Å²) in [7, 11) is 1.72. The highest BCUT2D eigenvalue weighted by Gasteiger charge is 2.27. The van der Waals surface area contributed by atoms with Gasteiger partial charge in [-0.25, -0.2) is 4.98 Å². The molecule has 1 unspecified atom stereocenters. The summed E-state index contributed by atoms with van der Waals surface area (Å²) in [6.45, 7) is 5.00. The van der Waals surface area contributed by atoms with Crippen LogP contribution in [0.4, 0.5) is 0 Å². The third kappa shape index (κ3) is 4.76. The minimum atomic E-state index is -0.292. The lowest BCUT2D eigenvalue weighted by molar-refractivity contribution is -0.139. The minimum absolute atomic E-state index is 0.00702. The van der Waals surface area contributed by atoms with E-state index < -0.39 is 0 Å². The van der Waals surface area contributed by atoms with Gasteiger partial charge < -0.3 is 9.64 Å². The van der Waals surface area contributed by atoms with Gasteiger partial charge >= 0.3 is 0 Å². The van der Waals surface area contributed by atoms with Crippen molar-refractivity contribution in [3.63, 3.8) is 0 Å². The lowest BCUT2D eigenvalue weighted by Crippen LogP contribution is -2.40. The topological polar surface area (TPSA) is 64.4 Å². The first-order valence-electron chi connectivity index (χ1n) is 10.4. The van der Waals surface area contributed by atoms with E-state index in [9.17, 15) is 9.59 Å². The van der Waals surface area contributed by atoms with Crippen LogP contribution in [0.2, 0.25) is 0 Å². The van der Waals surface area contributed by atoms with Gasteiger partial charge in [-0.1, -0.05) is 56.3 Å². The van der Waals surface area contributed by atoms with Crippen LogP contribution in [-0.4, -0.2) is 33.5 Å². The molecule has 3 aromatic rings. The summed E-state index contributed by atoms with van der Waals surface area (Å²) < 4.78 is 7.25. The molecule has 0 spiro atoms. The van der Waals surface area contributed by atoms with Crippen LogP contribution < -0.4 is 5.56 Å². The molecule has 0 aliphatic rings. The molecule has 1 atom stereocenters. The number of rotatable bonds is 9. The number of carbonyl (C=O) groups is 1. The summed E-state index contributed by atoms with van der Waals surface area (Å²) in [4.78, 5) is 32.4. The number of nitrogens with zero attached hydrogens (tertiary/aromatic N) is 3. The van der Waals surface area contributed by atoms with Crippen molar-refractivity contribution in [2.24, 2.45) is 7.05 Å². The lowest BCUT2D eigenvalue weighted by Gasteiger charge is -2.31. The molecule has 0 radical (unpaired) electrons. The minimum Gasteiger partial charge on any atom is -0.367 e. The van der Waals surface area contributed by atoms with Crippen LogP contribution in [-0.2, 0) is 23.2 Å². The van der Waals surface area contributed by atoms with Crippen molar-refractivity contribution in [2.75, 3.05) is 13.2 Å². The van der Waals surface area contributed by atoms with Crippen LogP contribution in [0.1, 0.15) is 44.1 Å². The molecule has 0 saturated carbocycles. The Hall–Kier alpha value is -2.99. The van der Waals surface area contributed by atoms with Crippen molar-refractivity contribution in [3.8, 4) is 0 Å². The SMILES string of the molecule is CCCN(C(=O)COCc1ccccc1)C(CC)c1nc2ccccc2c(=O)n1C. The third-order valence-electron chi connectivity index (χ3n) is 5.20. The molecule has 0 aliphatic carbocycles. The second-order valence-electron chi connectivity index (χ2n) is 7.34. The van der Waals surface area contributed by atoms with Crippen LogP contribution >= 0.6 is 0 Å². The number of fused-ring (bicyclic) bond motifs is 1. The maximum absolute atomic E-state index is 13.0. The molecular formula is C24H29N3O3. The number of para-hydroxylation sites is 1. The van der Waals surface area contributed by atoms with E-state index in [2.05, 4.69) is 0 Å². The number of benzene rings is 2. The summed E-state index contributed by atoms with van der Waals surface area (Å²) in [6, 6.07) is 16.8. The number of hydrogen-bond acceptors (Lipinski definition) is 4. The Morgan fingerprint density at radius 1 is 1.10 bits per heavy atom. The van der Waals surface area contributed by atoms with Crippen molar-refractivity contribution < 1.29 is 9.53 Å². The first-order valence-corrected chi connectivity index (χ1v) is 10.4. The van der Waals surface area contributed by atoms with Crippen molar-refractivity contribution in [2.45, 2.75) is 39.3 Å². The predicted molar refractivity (Wildman–Crippen MR) is 118 cm³/mol. The number of amides is 1. The smallest absolute Gasteiger partial charge is 0.261 e. The Morgan fingerprint density at radius 2 is 1.80 bits per heavy atom. The molecule has 1 heterocycles. The molecule has 30 heavy (non-hydrogen) atoms. The second-order valence-corrected chi connectivity index (χ2v) is 7.34. The Labute approximate surface area is 177 Å². The molecule has 0 fully saturated rings. The largest absolute Gasteiger partial charge is 0.367 e. The average molecular weight is 408 g/mol. The molecule has 6 heteroatoms. The van der Waals surface area contributed by atoms with E-state index in [1.165, 1.54) is 0 Å². The Bertz CT molecular complexity index is 1050. The molecule has 0 N–H and O–H groups in total. The highest BCUT2D eigenvalue weighted by atomic mass is 16.5. The fourth-order valence-electron chi connectivity index (χ4n) is 3.68. The lowest BCUT2D eigenvalue weighted by atomic mass is 10.1. The van der Waals surface area contributed by atoms with Crippen LogP contribution in [0.5, 0.6) is 0 Å². The highest BCUT2D eigenvalue weighted by Crippen LogP contribution is 2.24. The van der Waals surface area contributed by atoms with Gasteiger partial charge in [0.25, 0.3) is 5.56 Å². The van der Waals surface area contributed by atoms with Crippen LogP contribution in [0, 0.1) is 0 Å². The van der Waals surface area contributed by atoms with Gasteiger partial charge in [0.2, 0.25) is 5.91 Å². The van der Waals surface area contributed by atoms with Gasteiger partial charge in [-0.15, -0.1) is 0 Å². The molecule has 1 aromatic heterocycles. The maximum Gasteiger partial charge on any atom is 0.261 e. The summed E-state index contributed by atoms with van der Waals surface area (Å²) >= 11 is 0. The van der Waals surface area contributed by atoms with Gasteiger partial charge in [-0.3, -0.25) is 14.2 Å². The second kappa shape index (κ2) is 10.2. The van der Waals surface area contributed by atoms with E-state index in [4.69, 9.17) is 9.72 Å². The van der Waals surface area contributed by atoms with Crippen molar-refractivity contribution in [3.05, 3.63) is 76.3 Å². The normalized spacial score (nSPS) is 12.1. The molecule has 0 saturated heterocycles. The van der Waals surface area contributed by atoms with Crippen molar-refractivity contribution in [1.29, 1.82) is 0 Å². The first kappa shape index (κ1) is 21.7. The van der Waals surface area contributed by atoms with Gasteiger partial charge in [0.15, 0.2) is 0 Å². The van der Waals surface area contributed by atoms with E-state index in [1.54, 1.807) is 22.6 Å². The molecule has 3 rings (SSSR count). The monoisotopic (exact) mass is 407 g/mol. The average Bonchev–Trinajstić information content (AvgIpc) is 2.77. The Kier molecular flexibility index (Phi) is 7.36. The predicted octanol–water partition coefficient (Wildman–Crippen LogP) is 3.84. The van der Waals surface area contributed by atoms with Crippen LogP contribution in [0.15, 0.2) is 59.4 Å².